The molecule has 0 fully saturated rings. The first-order chi connectivity index (χ1) is 10.6. The number of anilines is 1. The second-order valence-corrected chi connectivity index (χ2v) is 5.41. The number of carbonyl (C=O) groups is 1. The minimum atomic E-state index is -0.374. The average Bonchev–Trinajstić information content (AvgIpc) is 2.85. The second-order valence-electron chi connectivity index (χ2n) is 5.41. The molecule has 5 heteroatoms. The van der Waals surface area contributed by atoms with Crippen LogP contribution >= 0.6 is 0 Å². The summed E-state index contributed by atoms with van der Waals surface area (Å²) in [4.78, 5) is 16.8. The number of rotatable bonds is 3. The number of carbonyl (C=O) groups excluding carboxylic acids is 1. The van der Waals surface area contributed by atoms with Gasteiger partial charge in [0.05, 0.1) is 16.9 Å². The van der Waals surface area contributed by atoms with Crippen LogP contribution in [-0.4, -0.2) is 20.7 Å². The van der Waals surface area contributed by atoms with Crippen LogP contribution in [0.25, 0.3) is 10.9 Å². The fourth-order valence-electron chi connectivity index (χ4n) is 2.60. The van der Waals surface area contributed by atoms with Crippen molar-refractivity contribution in [3.05, 3.63) is 54.0 Å². The summed E-state index contributed by atoms with van der Waals surface area (Å²) in [7, 11) is 0. The minimum absolute atomic E-state index is 0.0949. The zero-order valence-electron chi connectivity index (χ0n) is 12.9. The lowest BCUT2D eigenvalue weighted by molar-refractivity contribution is -0.119. The van der Waals surface area contributed by atoms with Crippen LogP contribution in [0.2, 0.25) is 0 Å². The molecular weight excluding hydrogens is 276 g/mol. The van der Waals surface area contributed by atoms with Crippen LogP contribution in [0.5, 0.6) is 0 Å². The Kier molecular flexibility index (Phi) is 3.63. The van der Waals surface area contributed by atoms with E-state index in [1.807, 2.05) is 57.2 Å². The average molecular weight is 294 g/mol. The van der Waals surface area contributed by atoms with E-state index in [9.17, 15) is 4.79 Å². The van der Waals surface area contributed by atoms with Gasteiger partial charge in [-0.25, -0.2) is 0 Å². The summed E-state index contributed by atoms with van der Waals surface area (Å²) in [6.45, 7) is 5.72. The number of nitrogens with zero attached hydrogens (tertiary/aromatic N) is 3. The first kappa shape index (κ1) is 14.3. The molecule has 0 aliphatic carbocycles. The van der Waals surface area contributed by atoms with E-state index >= 15 is 0 Å². The number of aryl methyl sites for hydroxylation is 2. The van der Waals surface area contributed by atoms with E-state index in [1.54, 1.807) is 10.9 Å². The SMILES string of the molecule is Cc1cc(C)n(C(C)C(=O)Nc2cccc3ncccc23)n1. The molecule has 0 aliphatic heterocycles. The van der Waals surface area contributed by atoms with Crippen molar-refractivity contribution in [2.24, 2.45) is 0 Å². The number of hydrogen-bond acceptors (Lipinski definition) is 3. The molecule has 1 amide bonds. The van der Waals surface area contributed by atoms with Gasteiger partial charge in [0.15, 0.2) is 0 Å². The van der Waals surface area contributed by atoms with Gasteiger partial charge in [0.1, 0.15) is 6.04 Å². The van der Waals surface area contributed by atoms with Crippen molar-refractivity contribution < 1.29 is 4.79 Å². The summed E-state index contributed by atoms with van der Waals surface area (Å²) in [5.41, 5.74) is 3.51. The van der Waals surface area contributed by atoms with E-state index in [2.05, 4.69) is 15.4 Å². The monoisotopic (exact) mass is 294 g/mol. The van der Waals surface area contributed by atoms with Crippen molar-refractivity contribution in [1.82, 2.24) is 14.8 Å². The number of hydrogen-bond donors (Lipinski definition) is 1. The molecule has 1 atom stereocenters. The summed E-state index contributed by atoms with van der Waals surface area (Å²) in [5.74, 6) is -0.0949. The van der Waals surface area contributed by atoms with Gasteiger partial charge in [0.2, 0.25) is 5.91 Å². The molecule has 112 valence electrons. The Morgan fingerprint density at radius 3 is 2.77 bits per heavy atom. The van der Waals surface area contributed by atoms with Gasteiger partial charge in [-0.2, -0.15) is 5.10 Å². The lowest BCUT2D eigenvalue weighted by atomic mass is 10.1. The smallest absolute Gasteiger partial charge is 0.248 e. The predicted molar refractivity (Wildman–Crippen MR) is 86.8 cm³/mol. The summed E-state index contributed by atoms with van der Waals surface area (Å²) in [6, 6.07) is 11.1. The standard InChI is InChI=1S/C17H18N4O/c1-11-10-12(2)21(20-11)13(3)17(22)19-16-8-4-7-15-14(16)6-5-9-18-15/h4-10,13H,1-3H3,(H,19,22). The second kappa shape index (κ2) is 5.60. The van der Waals surface area contributed by atoms with E-state index in [0.29, 0.717) is 0 Å². The van der Waals surface area contributed by atoms with Crippen LogP contribution in [0.1, 0.15) is 24.4 Å². The maximum atomic E-state index is 12.5. The Labute approximate surface area is 129 Å². The molecule has 1 N–H and O–H groups in total. The molecule has 0 saturated heterocycles. The number of amides is 1. The molecule has 0 aliphatic rings. The van der Waals surface area contributed by atoms with Gasteiger partial charge < -0.3 is 5.32 Å². The van der Waals surface area contributed by atoms with Gasteiger partial charge in [-0.05, 0) is 51.1 Å². The lowest BCUT2D eigenvalue weighted by Crippen LogP contribution is -2.25. The maximum Gasteiger partial charge on any atom is 0.248 e. The predicted octanol–water partition coefficient (Wildman–Crippen LogP) is 3.25. The number of pyridine rings is 1. The van der Waals surface area contributed by atoms with Crippen LogP contribution in [-0.2, 0) is 4.79 Å². The molecule has 0 bridgehead atoms. The van der Waals surface area contributed by atoms with E-state index in [0.717, 1.165) is 28.0 Å². The molecule has 2 aromatic heterocycles. The quantitative estimate of drug-likeness (QED) is 0.806. The number of benzene rings is 1. The molecule has 1 aromatic carbocycles. The third-order valence-corrected chi connectivity index (χ3v) is 3.69. The molecule has 0 radical (unpaired) electrons. The molecule has 2 heterocycles. The summed E-state index contributed by atoms with van der Waals surface area (Å²) in [5, 5.41) is 8.29. The molecule has 3 aromatic rings. The van der Waals surface area contributed by atoms with Crippen molar-refractivity contribution in [3.8, 4) is 0 Å². The molecule has 22 heavy (non-hydrogen) atoms. The minimum Gasteiger partial charge on any atom is -0.324 e. The molecular formula is C17H18N4O. The zero-order chi connectivity index (χ0) is 15.7. The van der Waals surface area contributed by atoms with Crippen LogP contribution in [0.15, 0.2) is 42.6 Å². The largest absolute Gasteiger partial charge is 0.324 e. The van der Waals surface area contributed by atoms with Crippen LogP contribution < -0.4 is 5.32 Å². The summed E-state index contributed by atoms with van der Waals surface area (Å²) >= 11 is 0. The van der Waals surface area contributed by atoms with Gasteiger partial charge in [-0.15, -0.1) is 0 Å². The topological polar surface area (TPSA) is 59.8 Å². The van der Waals surface area contributed by atoms with Crippen molar-refractivity contribution in [2.75, 3.05) is 5.32 Å². The Morgan fingerprint density at radius 2 is 2.05 bits per heavy atom. The van der Waals surface area contributed by atoms with Crippen molar-refractivity contribution >= 4 is 22.5 Å². The first-order valence-corrected chi connectivity index (χ1v) is 7.23. The zero-order valence-corrected chi connectivity index (χ0v) is 12.9. The highest BCUT2D eigenvalue weighted by atomic mass is 16.2. The number of aromatic nitrogens is 3. The Bertz CT molecular complexity index is 832. The lowest BCUT2D eigenvalue weighted by Gasteiger charge is -2.15. The first-order valence-electron chi connectivity index (χ1n) is 7.23. The van der Waals surface area contributed by atoms with Crippen LogP contribution in [0.4, 0.5) is 5.69 Å². The van der Waals surface area contributed by atoms with E-state index in [-0.39, 0.29) is 11.9 Å². The maximum absolute atomic E-state index is 12.5. The highest BCUT2D eigenvalue weighted by Gasteiger charge is 2.18. The van der Waals surface area contributed by atoms with E-state index in [4.69, 9.17) is 0 Å². The third kappa shape index (κ3) is 2.57. The van der Waals surface area contributed by atoms with E-state index < -0.39 is 0 Å². The van der Waals surface area contributed by atoms with Crippen molar-refractivity contribution in [1.29, 1.82) is 0 Å². The van der Waals surface area contributed by atoms with Gasteiger partial charge in [0.25, 0.3) is 0 Å². The highest BCUT2D eigenvalue weighted by molar-refractivity contribution is 6.02. The van der Waals surface area contributed by atoms with Gasteiger partial charge >= 0.3 is 0 Å². The van der Waals surface area contributed by atoms with Crippen LogP contribution in [0, 0.1) is 13.8 Å². The summed E-state index contributed by atoms with van der Waals surface area (Å²) < 4.78 is 1.74. The van der Waals surface area contributed by atoms with Crippen molar-refractivity contribution in [3.63, 3.8) is 0 Å². The summed E-state index contributed by atoms with van der Waals surface area (Å²) in [6.07, 6.45) is 1.74. The Balaban J connectivity index is 1.88. The normalized spacial score (nSPS) is 12.3. The molecule has 3 rings (SSSR count). The Hall–Kier alpha value is -2.69. The van der Waals surface area contributed by atoms with E-state index in [1.165, 1.54) is 0 Å². The third-order valence-electron chi connectivity index (χ3n) is 3.69. The van der Waals surface area contributed by atoms with Gasteiger partial charge in [-0.1, -0.05) is 6.07 Å². The number of nitrogens with one attached hydrogen (secondary N) is 1. The Morgan fingerprint density at radius 1 is 1.23 bits per heavy atom. The fraction of sp³-hybridized carbons (Fsp3) is 0.235. The molecule has 5 nitrogen and oxygen atoms in total. The van der Waals surface area contributed by atoms with Crippen LogP contribution in [0.3, 0.4) is 0 Å². The van der Waals surface area contributed by atoms with Gasteiger partial charge in [0, 0.05) is 17.3 Å². The highest BCUT2D eigenvalue weighted by Crippen LogP contribution is 2.22. The number of fused-ring (bicyclic) bond motifs is 1. The molecule has 0 spiro atoms. The van der Waals surface area contributed by atoms with Crippen molar-refractivity contribution in [2.45, 2.75) is 26.8 Å². The fourth-order valence-corrected chi connectivity index (χ4v) is 2.60. The molecule has 1 unspecified atom stereocenters. The molecule has 0 saturated carbocycles. The van der Waals surface area contributed by atoms with Gasteiger partial charge in [-0.3, -0.25) is 14.5 Å².